The molecule has 0 unspecified atom stereocenters. The van der Waals surface area contributed by atoms with E-state index in [1.54, 1.807) is 48.5 Å². The number of benzene rings is 2. The minimum absolute atomic E-state index is 0.0320. The second-order valence-electron chi connectivity index (χ2n) is 4.56. The van der Waals surface area contributed by atoms with E-state index in [1.165, 1.54) is 18.2 Å². The molecule has 2 aromatic rings. The molecular formula is C17H11N3O3. The standard InChI is InChI=1S/C17H11N3O3/c18-10-15(11-19)9-13-3-7-17(8-4-13)23-12-14-1-5-16(6-2-14)20(21)22/h1-9H,12H2. The van der Waals surface area contributed by atoms with Crippen molar-refractivity contribution in [3.05, 3.63) is 75.3 Å². The molecule has 6 nitrogen and oxygen atoms in total. The van der Waals surface area contributed by atoms with Crippen LogP contribution in [0.2, 0.25) is 0 Å². The van der Waals surface area contributed by atoms with Crippen molar-refractivity contribution in [2.45, 2.75) is 6.61 Å². The van der Waals surface area contributed by atoms with Crippen LogP contribution < -0.4 is 4.74 Å². The molecule has 0 amide bonds. The highest BCUT2D eigenvalue weighted by atomic mass is 16.6. The van der Waals surface area contributed by atoms with Gasteiger partial charge < -0.3 is 4.74 Å². The zero-order chi connectivity index (χ0) is 16.7. The average molecular weight is 305 g/mol. The van der Waals surface area contributed by atoms with Gasteiger partial charge in [0.15, 0.2) is 0 Å². The van der Waals surface area contributed by atoms with Crippen molar-refractivity contribution in [3.63, 3.8) is 0 Å². The van der Waals surface area contributed by atoms with Gasteiger partial charge in [-0.25, -0.2) is 0 Å². The fourth-order valence-electron chi connectivity index (χ4n) is 1.80. The zero-order valence-electron chi connectivity index (χ0n) is 12.0. The van der Waals surface area contributed by atoms with E-state index in [4.69, 9.17) is 15.3 Å². The molecule has 0 heterocycles. The van der Waals surface area contributed by atoms with Crippen LogP contribution in [-0.4, -0.2) is 4.92 Å². The molecule has 0 N–H and O–H groups in total. The van der Waals surface area contributed by atoms with Gasteiger partial charge in [-0.15, -0.1) is 0 Å². The quantitative estimate of drug-likeness (QED) is 0.477. The van der Waals surface area contributed by atoms with Gasteiger partial charge in [0.2, 0.25) is 0 Å². The SMILES string of the molecule is N#CC(C#N)=Cc1ccc(OCc2ccc([N+](=O)[O-])cc2)cc1. The molecule has 0 bridgehead atoms. The summed E-state index contributed by atoms with van der Waals surface area (Å²) in [6.45, 7) is 0.287. The van der Waals surface area contributed by atoms with Crippen molar-refractivity contribution < 1.29 is 9.66 Å². The van der Waals surface area contributed by atoms with E-state index in [0.717, 1.165) is 11.1 Å². The van der Waals surface area contributed by atoms with E-state index in [1.807, 2.05) is 0 Å². The first kappa shape index (κ1) is 15.7. The highest BCUT2D eigenvalue weighted by Gasteiger charge is 2.04. The topological polar surface area (TPSA) is 100.0 Å². The Morgan fingerprint density at radius 3 is 2.22 bits per heavy atom. The summed E-state index contributed by atoms with van der Waals surface area (Å²) in [4.78, 5) is 10.1. The van der Waals surface area contributed by atoms with Crippen molar-refractivity contribution in [1.82, 2.24) is 0 Å². The predicted octanol–water partition coefficient (Wildman–Crippen LogP) is 3.60. The molecule has 0 aliphatic rings. The van der Waals surface area contributed by atoms with Crippen LogP contribution in [-0.2, 0) is 6.61 Å². The first-order chi connectivity index (χ1) is 11.1. The highest BCUT2D eigenvalue weighted by molar-refractivity contribution is 5.62. The van der Waals surface area contributed by atoms with E-state index in [2.05, 4.69) is 0 Å². The van der Waals surface area contributed by atoms with Gasteiger partial charge in [-0.1, -0.05) is 12.1 Å². The second kappa shape index (κ2) is 7.39. The van der Waals surface area contributed by atoms with Crippen LogP contribution in [0.15, 0.2) is 54.1 Å². The van der Waals surface area contributed by atoms with Crippen molar-refractivity contribution in [2.24, 2.45) is 0 Å². The van der Waals surface area contributed by atoms with Gasteiger partial charge in [-0.05, 0) is 41.5 Å². The lowest BCUT2D eigenvalue weighted by atomic mass is 10.1. The van der Waals surface area contributed by atoms with Crippen molar-refractivity contribution in [1.29, 1.82) is 10.5 Å². The first-order valence-corrected chi connectivity index (χ1v) is 6.60. The number of nitrogens with zero attached hydrogens (tertiary/aromatic N) is 3. The Hall–Kier alpha value is -3.64. The molecule has 0 atom stereocenters. The summed E-state index contributed by atoms with van der Waals surface area (Å²) in [6.07, 6.45) is 1.49. The summed E-state index contributed by atoms with van der Waals surface area (Å²) in [5.41, 5.74) is 1.61. The average Bonchev–Trinajstić information content (AvgIpc) is 2.59. The van der Waals surface area contributed by atoms with E-state index < -0.39 is 4.92 Å². The third-order valence-corrected chi connectivity index (χ3v) is 2.98. The van der Waals surface area contributed by atoms with E-state index in [0.29, 0.717) is 5.75 Å². The van der Waals surface area contributed by atoms with Crippen molar-refractivity contribution in [3.8, 4) is 17.9 Å². The molecule has 0 saturated carbocycles. The Bertz CT molecular complexity index is 794. The van der Waals surface area contributed by atoms with Gasteiger partial charge in [0.05, 0.1) is 4.92 Å². The third-order valence-electron chi connectivity index (χ3n) is 2.98. The molecule has 0 fully saturated rings. The van der Waals surface area contributed by atoms with Gasteiger partial charge in [-0.3, -0.25) is 10.1 Å². The van der Waals surface area contributed by atoms with Crippen LogP contribution in [0.5, 0.6) is 5.75 Å². The van der Waals surface area contributed by atoms with Gasteiger partial charge in [0.1, 0.15) is 30.1 Å². The van der Waals surface area contributed by atoms with Gasteiger partial charge >= 0.3 is 0 Å². The third kappa shape index (κ3) is 4.42. The van der Waals surface area contributed by atoms with Gasteiger partial charge in [0.25, 0.3) is 5.69 Å². The minimum Gasteiger partial charge on any atom is -0.489 e. The highest BCUT2D eigenvalue weighted by Crippen LogP contribution is 2.17. The van der Waals surface area contributed by atoms with Crippen molar-refractivity contribution in [2.75, 3.05) is 0 Å². The van der Waals surface area contributed by atoms with E-state index in [9.17, 15) is 10.1 Å². The summed E-state index contributed by atoms with van der Waals surface area (Å²) in [5, 5.41) is 28.0. The van der Waals surface area contributed by atoms with Crippen molar-refractivity contribution >= 4 is 11.8 Å². The van der Waals surface area contributed by atoms with Gasteiger partial charge in [-0.2, -0.15) is 10.5 Å². The second-order valence-corrected chi connectivity index (χ2v) is 4.56. The number of hydrogen-bond acceptors (Lipinski definition) is 5. The van der Waals surface area contributed by atoms with Crippen LogP contribution in [0.25, 0.3) is 6.08 Å². The monoisotopic (exact) mass is 305 g/mol. The molecule has 0 aliphatic heterocycles. The summed E-state index contributed by atoms with van der Waals surface area (Å²) < 4.78 is 5.58. The molecule has 0 radical (unpaired) electrons. The fourth-order valence-corrected chi connectivity index (χ4v) is 1.80. The Morgan fingerprint density at radius 2 is 1.70 bits per heavy atom. The minimum atomic E-state index is -0.451. The molecular weight excluding hydrogens is 294 g/mol. The van der Waals surface area contributed by atoms with Crippen LogP contribution in [0, 0.1) is 32.8 Å². The van der Waals surface area contributed by atoms with Crippen LogP contribution in [0.3, 0.4) is 0 Å². The maximum atomic E-state index is 10.6. The summed E-state index contributed by atoms with van der Waals surface area (Å²) >= 11 is 0. The van der Waals surface area contributed by atoms with Gasteiger partial charge in [0, 0.05) is 12.1 Å². The van der Waals surface area contributed by atoms with Crippen LogP contribution in [0.1, 0.15) is 11.1 Å². The first-order valence-electron chi connectivity index (χ1n) is 6.60. The maximum absolute atomic E-state index is 10.6. The number of allylic oxidation sites excluding steroid dienone is 1. The normalized spacial score (nSPS) is 9.30. The molecule has 23 heavy (non-hydrogen) atoms. The fraction of sp³-hybridized carbons (Fsp3) is 0.0588. The lowest BCUT2D eigenvalue weighted by molar-refractivity contribution is -0.384. The molecule has 112 valence electrons. The number of non-ortho nitro benzene ring substituents is 1. The summed E-state index contributed by atoms with van der Waals surface area (Å²) in [5.74, 6) is 0.621. The number of rotatable bonds is 5. The molecule has 0 aliphatic carbocycles. The number of hydrogen-bond donors (Lipinski definition) is 0. The Labute approximate surface area is 132 Å². The van der Waals surface area contributed by atoms with Crippen LogP contribution >= 0.6 is 0 Å². The Morgan fingerprint density at radius 1 is 1.09 bits per heavy atom. The Balaban J connectivity index is 1.99. The van der Waals surface area contributed by atoms with E-state index >= 15 is 0 Å². The molecule has 6 heteroatoms. The Kier molecular flexibility index (Phi) is 5.06. The lowest BCUT2D eigenvalue weighted by Gasteiger charge is -2.06. The maximum Gasteiger partial charge on any atom is 0.269 e. The summed E-state index contributed by atoms with van der Waals surface area (Å²) in [6, 6.07) is 16.7. The molecule has 0 aromatic heterocycles. The molecule has 2 aromatic carbocycles. The number of nitriles is 2. The zero-order valence-corrected chi connectivity index (χ0v) is 12.0. The predicted molar refractivity (Wildman–Crippen MR) is 83.1 cm³/mol. The summed E-state index contributed by atoms with van der Waals surface area (Å²) in [7, 11) is 0. The number of ether oxygens (including phenoxy) is 1. The smallest absolute Gasteiger partial charge is 0.269 e. The van der Waals surface area contributed by atoms with E-state index in [-0.39, 0.29) is 17.9 Å². The molecule has 2 rings (SSSR count). The molecule has 0 saturated heterocycles. The number of nitro benzene ring substituents is 1. The van der Waals surface area contributed by atoms with Crippen LogP contribution in [0.4, 0.5) is 5.69 Å². The number of nitro groups is 1. The largest absolute Gasteiger partial charge is 0.489 e. The molecule has 0 spiro atoms. The lowest BCUT2D eigenvalue weighted by Crippen LogP contribution is -1.96.